The van der Waals surface area contributed by atoms with E-state index >= 15 is 0 Å². The zero-order chi connectivity index (χ0) is 7.78. The Morgan fingerprint density at radius 2 is 2.10 bits per heavy atom. The van der Waals surface area contributed by atoms with Crippen LogP contribution in [0.1, 0.15) is 13.8 Å². The van der Waals surface area contributed by atoms with E-state index in [1.807, 2.05) is 0 Å². The Morgan fingerprint density at radius 1 is 1.60 bits per heavy atom. The van der Waals surface area contributed by atoms with Gasteiger partial charge in [-0.25, -0.2) is 0 Å². The number of hydrogen-bond acceptors (Lipinski definition) is 1. The van der Waals surface area contributed by atoms with Gasteiger partial charge in [0.1, 0.15) is 0 Å². The van der Waals surface area contributed by atoms with E-state index in [0.29, 0.717) is 5.41 Å². The summed E-state index contributed by atoms with van der Waals surface area (Å²) in [6.07, 6.45) is 0.149. The zero-order valence-corrected chi connectivity index (χ0v) is 6.55. The molecule has 0 aromatic carbocycles. The fourth-order valence-electron chi connectivity index (χ4n) is 1.29. The molecule has 1 heterocycles. The largest absolute Gasteiger partial charge is 0.342 e. The summed E-state index contributed by atoms with van der Waals surface area (Å²) in [6.45, 7) is 6.02. The van der Waals surface area contributed by atoms with E-state index in [-0.39, 0.29) is 12.2 Å². The first-order chi connectivity index (χ1) is 4.55. The number of amides is 1. The summed E-state index contributed by atoms with van der Waals surface area (Å²) in [5, 5.41) is 0. The predicted molar refractivity (Wildman–Crippen MR) is 40.9 cm³/mol. The topological polar surface area (TPSA) is 20.3 Å². The number of rotatable bonds is 1. The second-order valence-corrected chi connectivity index (χ2v) is 3.62. The van der Waals surface area contributed by atoms with Crippen LogP contribution in [-0.4, -0.2) is 31.7 Å². The molecule has 0 aromatic heterocycles. The van der Waals surface area contributed by atoms with E-state index in [1.165, 1.54) is 0 Å². The molecule has 0 aromatic rings. The van der Waals surface area contributed by atoms with Crippen LogP contribution in [0.3, 0.4) is 0 Å². The Morgan fingerprint density at radius 3 is 2.40 bits per heavy atom. The van der Waals surface area contributed by atoms with E-state index in [9.17, 15) is 4.79 Å². The van der Waals surface area contributed by atoms with Crippen molar-refractivity contribution in [2.75, 3.05) is 13.1 Å². The van der Waals surface area contributed by atoms with Crippen molar-refractivity contribution in [1.29, 1.82) is 0 Å². The molecular weight excluding hydrogens is 125 g/mol. The first-order valence-corrected chi connectivity index (χ1v) is 3.53. The van der Waals surface area contributed by atoms with Crippen LogP contribution in [0.5, 0.6) is 0 Å². The van der Waals surface area contributed by atoms with Crippen molar-refractivity contribution in [1.82, 2.24) is 4.90 Å². The van der Waals surface area contributed by atoms with Gasteiger partial charge >= 0.3 is 0 Å². The summed E-state index contributed by atoms with van der Waals surface area (Å²) in [5.41, 5.74) is 0.324. The van der Waals surface area contributed by atoms with E-state index < -0.39 is 0 Å². The Kier molecular flexibility index (Phi) is 1.75. The quantitative estimate of drug-likeness (QED) is 0.480. The number of carbonyl (C=O) groups is 1. The molecule has 1 aliphatic rings. The van der Waals surface area contributed by atoms with Gasteiger partial charge in [0, 0.05) is 13.1 Å². The van der Waals surface area contributed by atoms with Gasteiger partial charge in [-0.3, -0.25) is 4.79 Å². The van der Waals surface area contributed by atoms with Crippen LogP contribution in [0, 0.1) is 5.41 Å². The highest BCUT2D eigenvalue weighted by Crippen LogP contribution is 2.28. The molecule has 1 saturated heterocycles. The van der Waals surface area contributed by atoms with Crippen LogP contribution in [0.4, 0.5) is 0 Å². The fraction of sp³-hybridized carbons (Fsp3) is 0.857. The van der Waals surface area contributed by atoms with Crippen LogP contribution in [0.2, 0.25) is 6.32 Å². The van der Waals surface area contributed by atoms with Gasteiger partial charge < -0.3 is 4.90 Å². The van der Waals surface area contributed by atoms with Crippen molar-refractivity contribution in [3.8, 4) is 0 Å². The maximum atomic E-state index is 10.9. The smallest absolute Gasteiger partial charge is 0.213 e. The average molecular weight is 137 g/mol. The van der Waals surface area contributed by atoms with Crippen molar-refractivity contribution in [2.45, 2.75) is 20.2 Å². The van der Waals surface area contributed by atoms with Gasteiger partial charge in [0.25, 0.3) is 0 Å². The maximum Gasteiger partial charge on any atom is 0.213 e. The molecule has 10 heavy (non-hydrogen) atoms. The second-order valence-electron chi connectivity index (χ2n) is 3.62. The van der Waals surface area contributed by atoms with Gasteiger partial charge in [-0.05, 0) is 11.7 Å². The van der Waals surface area contributed by atoms with E-state index in [1.54, 1.807) is 4.90 Å². The van der Waals surface area contributed by atoms with E-state index in [2.05, 4.69) is 13.8 Å². The summed E-state index contributed by atoms with van der Waals surface area (Å²) in [4.78, 5) is 12.7. The van der Waals surface area contributed by atoms with Gasteiger partial charge in [0.05, 0.1) is 7.85 Å². The van der Waals surface area contributed by atoms with Crippen molar-refractivity contribution < 1.29 is 4.79 Å². The summed E-state index contributed by atoms with van der Waals surface area (Å²) >= 11 is 0. The molecule has 0 spiro atoms. The predicted octanol–water partition coefficient (Wildman–Crippen LogP) is 0.442. The highest BCUT2D eigenvalue weighted by Gasteiger charge is 2.35. The number of likely N-dealkylation sites (tertiary alicyclic amines) is 1. The summed E-state index contributed by atoms with van der Waals surface area (Å²) in [7, 11) is 5.18. The molecule has 0 N–H and O–H groups in total. The second kappa shape index (κ2) is 2.29. The normalized spacial score (nSPS) is 22.0. The Hall–Kier alpha value is -0.465. The number of hydrogen-bond donors (Lipinski definition) is 0. The first kappa shape index (κ1) is 7.64. The minimum atomic E-state index is 0.0688. The fourth-order valence-corrected chi connectivity index (χ4v) is 1.29. The molecule has 3 heteroatoms. The van der Waals surface area contributed by atoms with E-state index in [0.717, 1.165) is 13.1 Å². The van der Waals surface area contributed by atoms with Crippen molar-refractivity contribution >= 4 is 13.8 Å². The Labute approximate surface area is 63.0 Å². The first-order valence-electron chi connectivity index (χ1n) is 3.53. The highest BCUT2D eigenvalue weighted by atomic mass is 16.2. The molecule has 0 bridgehead atoms. The summed E-state index contributed by atoms with van der Waals surface area (Å²) in [5.74, 6) is 0.0688. The molecule has 0 saturated carbocycles. The molecule has 2 nitrogen and oxygen atoms in total. The molecular formula is C7H12BNO. The lowest BCUT2D eigenvalue weighted by atomic mass is 9.83. The lowest BCUT2D eigenvalue weighted by molar-refractivity contribution is -0.138. The Balaban J connectivity index is 2.33. The molecule has 0 atom stereocenters. The third kappa shape index (κ3) is 1.33. The standard InChI is InChI=1S/C7H12BNO/c1-7(2)4-9(5-7)6(10)3-8/h3-5H2,1-2H3. The van der Waals surface area contributed by atoms with Crippen LogP contribution < -0.4 is 0 Å². The lowest BCUT2D eigenvalue weighted by Gasteiger charge is -2.45. The maximum absolute atomic E-state index is 10.9. The summed E-state index contributed by atoms with van der Waals surface area (Å²) in [6, 6.07) is 0. The Bertz CT molecular complexity index is 148. The highest BCUT2D eigenvalue weighted by molar-refractivity contribution is 6.19. The number of carbonyl (C=O) groups excluding carboxylic acids is 1. The minimum absolute atomic E-state index is 0.0688. The minimum Gasteiger partial charge on any atom is -0.342 e. The van der Waals surface area contributed by atoms with Gasteiger partial charge in [-0.2, -0.15) is 0 Å². The molecule has 1 rings (SSSR count). The molecule has 2 radical (unpaired) electrons. The van der Waals surface area contributed by atoms with Crippen LogP contribution in [0.25, 0.3) is 0 Å². The van der Waals surface area contributed by atoms with Crippen molar-refractivity contribution in [2.24, 2.45) is 5.41 Å². The van der Waals surface area contributed by atoms with E-state index in [4.69, 9.17) is 7.85 Å². The van der Waals surface area contributed by atoms with Crippen molar-refractivity contribution in [3.63, 3.8) is 0 Å². The SMILES string of the molecule is [B]CC(=O)N1CC(C)(C)C1. The lowest BCUT2D eigenvalue weighted by Crippen LogP contribution is -2.55. The third-order valence-electron chi connectivity index (χ3n) is 1.77. The summed E-state index contributed by atoms with van der Waals surface area (Å²) < 4.78 is 0. The third-order valence-corrected chi connectivity index (χ3v) is 1.77. The van der Waals surface area contributed by atoms with Crippen molar-refractivity contribution in [3.05, 3.63) is 0 Å². The molecule has 0 unspecified atom stereocenters. The van der Waals surface area contributed by atoms with Gasteiger partial charge in [0.15, 0.2) is 0 Å². The average Bonchev–Trinajstić information content (AvgIpc) is 1.81. The van der Waals surface area contributed by atoms with Gasteiger partial charge in [0.2, 0.25) is 5.91 Å². The zero-order valence-electron chi connectivity index (χ0n) is 6.55. The molecule has 1 aliphatic heterocycles. The molecule has 1 amide bonds. The van der Waals surface area contributed by atoms with Gasteiger partial charge in [-0.1, -0.05) is 13.8 Å². The number of nitrogens with zero attached hydrogens (tertiary/aromatic N) is 1. The molecule has 1 fully saturated rings. The van der Waals surface area contributed by atoms with Crippen LogP contribution >= 0.6 is 0 Å². The van der Waals surface area contributed by atoms with Crippen LogP contribution in [0.15, 0.2) is 0 Å². The van der Waals surface area contributed by atoms with Crippen LogP contribution in [-0.2, 0) is 4.79 Å². The van der Waals surface area contributed by atoms with Gasteiger partial charge in [-0.15, -0.1) is 0 Å². The molecule has 54 valence electrons. The molecule has 0 aliphatic carbocycles. The monoisotopic (exact) mass is 137 g/mol.